The molecule has 0 bridgehead atoms. The minimum absolute atomic E-state index is 0.0812. The highest BCUT2D eigenvalue weighted by atomic mass is 15.1. The van der Waals surface area contributed by atoms with E-state index in [0.29, 0.717) is 0 Å². The van der Waals surface area contributed by atoms with Crippen molar-refractivity contribution in [1.29, 1.82) is 5.26 Å². The number of nitriles is 1. The van der Waals surface area contributed by atoms with Crippen molar-refractivity contribution in [2.45, 2.75) is 0 Å². The average molecular weight is 209 g/mol. The monoisotopic (exact) mass is 209 g/mol. The topological polar surface area (TPSA) is 31.4 Å². The molecule has 0 saturated carbocycles. The van der Waals surface area contributed by atoms with Crippen LogP contribution in [0.2, 0.25) is 0 Å². The van der Waals surface area contributed by atoms with Crippen molar-refractivity contribution in [2.75, 3.05) is 11.9 Å². The van der Waals surface area contributed by atoms with Crippen LogP contribution in [0.1, 0.15) is 0 Å². The van der Waals surface area contributed by atoms with Gasteiger partial charge in [-0.3, -0.25) is 0 Å². The lowest BCUT2D eigenvalue weighted by atomic mass is 10.3. The maximum Gasteiger partial charge on any atom is 0.261 e. The number of hydrogen-bond donors (Lipinski definition) is 0. The Hall–Kier alpha value is -2.52. The lowest BCUT2D eigenvalue weighted by molar-refractivity contribution is 1.20. The third-order valence-electron chi connectivity index (χ3n) is 1.96. The molecule has 3 nitrogen and oxygen atoms in total. The van der Waals surface area contributed by atoms with Gasteiger partial charge >= 0.3 is 0 Å². The van der Waals surface area contributed by atoms with Crippen LogP contribution in [0, 0.1) is 17.9 Å². The van der Waals surface area contributed by atoms with Crippen LogP contribution >= 0.6 is 0 Å². The highest BCUT2D eigenvalue weighted by molar-refractivity contribution is 5.48. The second-order valence-electron chi connectivity index (χ2n) is 3.06. The Balaban J connectivity index is 2.70. The molecule has 0 aromatic heterocycles. The van der Waals surface area contributed by atoms with Gasteiger partial charge in [-0.25, -0.2) is 10.1 Å². The minimum Gasteiger partial charge on any atom is -0.351 e. The summed E-state index contributed by atoms with van der Waals surface area (Å²) < 4.78 is 0. The quantitative estimate of drug-likeness (QED) is 0.435. The van der Waals surface area contributed by atoms with Gasteiger partial charge < -0.3 is 4.90 Å². The molecule has 1 rings (SSSR count). The molecule has 0 unspecified atom stereocenters. The van der Waals surface area contributed by atoms with Crippen LogP contribution in [0.5, 0.6) is 0 Å². The van der Waals surface area contributed by atoms with E-state index in [9.17, 15) is 0 Å². The maximum atomic E-state index is 8.53. The first-order valence-corrected chi connectivity index (χ1v) is 4.72. The number of nitrogens with zero attached hydrogens (tertiary/aromatic N) is 3. The van der Waals surface area contributed by atoms with E-state index < -0.39 is 0 Å². The third kappa shape index (κ3) is 3.32. The number of allylic oxidation sites excluding steroid dienone is 3. The Labute approximate surface area is 95.4 Å². The first kappa shape index (κ1) is 11.6. The summed E-state index contributed by atoms with van der Waals surface area (Å²) in [6.07, 6.45) is 4.98. The molecule has 0 saturated heterocycles. The van der Waals surface area contributed by atoms with Gasteiger partial charge in [-0.1, -0.05) is 24.3 Å². The van der Waals surface area contributed by atoms with Crippen LogP contribution < -0.4 is 4.90 Å². The lowest BCUT2D eigenvalue weighted by Gasteiger charge is -2.12. The summed E-state index contributed by atoms with van der Waals surface area (Å²) >= 11 is 0. The van der Waals surface area contributed by atoms with E-state index >= 15 is 0 Å². The molecular weight excluding hydrogens is 198 g/mol. The fourth-order valence-electron chi connectivity index (χ4n) is 1.11. The Bertz CT molecular complexity index is 456. The van der Waals surface area contributed by atoms with Crippen LogP contribution in [0.4, 0.5) is 5.69 Å². The Morgan fingerprint density at radius 2 is 2.12 bits per heavy atom. The number of anilines is 1. The van der Waals surface area contributed by atoms with Crippen LogP contribution in [0.3, 0.4) is 0 Å². The van der Waals surface area contributed by atoms with Crippen LogP contribution in [-0.4, -0.2) is 7.05 Å². The van der Waals surface area contributed by atoms with Crippen molar-refractivity contribution in [2.24, 2.45) is 0 Å². The number of rotatable bonds is 3. The average Bonchev–Trinajstić information content (AvgIpc) is 2.35. The first-order chi connectivity index (χ1) is 7.77. The zero-order valence-electron chi connectivity index (χ0n) is 8.96. The van der Waals surface area contributed by atoms with Gasteiger partial charge in [0.25, 0.3) is 5.70 Å². The summed E-state index contributed by atoms with van der Waals surface area (Å²) in [5.41, 5.74) is 1.13. The van der Waals surface area contributed by atoms with Crippen LogP contribution in [0.25, 0.3) is 4.85 Å². The van der Waals surface area contributed by atoms with Gasteiger partial charge in [0.15, 0.2) is 0 Å². The summed E-state index contributed by atoms with van der Waals surface area (Å²) in [5.74, 6) is 0. The largest absolute Gasteiger partial charge is 0.351 e. The predicted octanol–water partition coefficient (Wildman–Crippen LogP) is 2.96. The molecule has 3 heteroatoms. The van der Waals surface area contributed by atoms with E-state index in [1.54, 1.807) is 18.3 Å². The fraction of sp³-hybridized carbons (Fsp3) is 0.0769. The minimum atomic E-state index is 0.0812. The second-order valence-corrected chi connectivity index (χ2v) is 3.06. The SMILES string of the molecule is [C-]#[N+]C(C#N)=CC=CN(C)c1ccccc1. The molecule has 0 aliphatic rings. The molecule has 0 heterocycles. The van der Waals surface area contributed by atoms with Crippen molar-refractivity contribution in [3.63, 3.8) is 0 Å². The van der Waals surface area contributed by atoms with E-state index in [1.165, 1.54) is 6.08 Å². The van der Waals surface area contributed by atoms with Gasteiger partial charge in [-0.05, 0) is 18.2 Å². The fourth-order valence-corrected chi connectivity index (χ4v) is 1.11. The van der Waals surface area contributed by atoms with Crippen molar-refractivity contribution >= 4 is 5.69 Å². The number of para-hydroxylation sites is 1. The highest BCUT2D eigenvalue weighted by Crippen LogP contribution is 2.11. The van der Waals surface area contributed by atoms with Gasteiger partial charge in [0.05, 0.1) is 12.6 Å². The van der Waals surface area contributed by atoms with Gasteiger partial charge in [0.1, 0.15) is 0 Å². The molecular formula is C13H11N3. The third-order valence-corrected chi connectivity index (χ3v) is 1.96. The van der Waals surface area contributed by atoms with Gasteiger partial charge in [0, 0.05) is 18.9 Å². The maximum absolute atomic E-state index is 8.53. The Kier molecular flexibility index (Phi) is 4.37. The smallest absolute Gasteiger partial charge is 0.261 e. The van der Waals surface area contributed by atoms with E-state index in [-0.39, 0.29) is 5.70 Å². The molecule has 0 amide bonds. The molecule has 0 aliphatic carbocycles. The molecule has 0 radical (unpaired) electrons. The number of hydrogen-bond acceptors (Lipinski definition) is 2. The molecule has 0 spiro atoms. The summed E-state index contributed by atoms with van der Waals surface area (Å²) in [4.78, 5) is 4.97. The van der Waals surface area contributed by atoms with Gasteiger partial charge in [-0.15, -0.1) is 0 Å². The normalized spacial score (nSPS) is 10.8. The van der Waals surface area contributed by atoms with Crippen molar-refractivity contribution < 1.29 is 0 Å². The predicted molar refractivity (Wildman–Crippen MR) is 64.3 cm³/mol. The molecule has 0 fully saturated rings. The highest BCUT2D eigenvalue weighted by Gasteiger charge is 1.93. The molecule has 0 atom stereocenters. The first-order valence-electron chi connectivity index (χ1n) is 4.72. The van der Waals surface area contributed by atoms with Crippen molar-refractivity contribution in [3.8, 4) is 6.07 Å². The summed E-state index contributed by atoms with van der Waals surface area (Å²) in [7, 11) is 1.91. The summed E-state index contributed by atoms with van der Waals surface area (Å²) in [6, 6.07) is 11.6. The van der Waals surface area contributed by atoms with E-state index in [2.05, 4.69) is 4.85 Å². The number of benzene rings is 1. The van der Waals surface area contributed by atoms with Crippen LogP contribution in [-0.2, 0) is 0 Å². The van der Waals surface area contributed by atoms with Crippen LogP contribution in [0.15, 0.2) is 54.4 Å². The standard InChI is InChI=1S/C13H11N3/c1-15-12(11-14)7-6-10-16(2)13-8-4-3-5-9-13/h3-10H,2H3. The molecule has 0 N–H and O–H groups in total. The molecule has 1 aromatic carbocycles. The Morgan fingerprint density at radius 3 is 2.69 bits per heavy atom. The summed E-state index contributed by atoms with van der Waals surface area (Å²) in [5, 5.41) is 8.53. The zero-order chi connectivity index (χ0) is 11.8. The van der Waals surface area contributed by atoms with Crippen molar-refractivity contribution in [3.05, 3.63) is 65.8 Å². The lowest BCUT2D eigenvalue weighted by Crippen LogP contribution is -2.06. The molecule has 0 aliphatic heterocycles. The Morgan fingerprint density at radius 1 is 1.44 bits per heavy atom. The summed E-state index contributed by atoms with van der Waals surface area (Å²) in [6.45, 7) is 6.70. The molecule has 78 valence electrons. The van der Waals surface area contributed by atoms with E-state index in [1.807, 2.05) is 42.3 Å². The molecule has 16 heavy (non-hydrogen) atoms. The van der Waals surface area contributed by atoms with Crippen molar-refractivity contribution in [1.82, 2.24) is 0 Å². The van der Waals surface area contributed by atoms with E-state index in [4.69, 9.17) is 11.8 Å². The van der Waals surface area contributed by atoms with E-state index in [0.717, 1.165) is 5.69 Å². The zero-order valence-corrected chi connectivity index (χ0v) is 8.96. The van der Waals surface area contributed by atoms with Gasteiger partial charge in [-0.2, -0.15) is 0 Å². The second kappa shape index (κ2) is 6.06. The van der Waals surface area contributed by atoms with Gasteiger partial charge in [0.2, 0.25) is 0 Å². The molecule has 1 aromatic rings.